The highest BCUT2D eigenvalue weighted by Crippen LogP contribution is 2.12. The molecule has 0 aliphatic carbocycles. The predicted molar refractivity (Wildman–Crippen MR) is 61.9 cm³/mol. The average Bonchev–Trinajstić information content (AvgIpc) is 2.44. The molecule has 0 amide bonds. The number of para-hydroxylation sites is 1. The van der Waals surface area contributed by atoms with Crippen LogP contribution in [0.5, 0.6) is 0 Å². The van der Waals surface area contributed by atoms with Gasteiger partial charge in [0.15, 0.2) is 0 Å². The summed E-state index contributed by atoms with van der Waals surface area (Å²) < 4.78 is 0. The lowest BCUT2D eigenvalue weighted by Crippen LogP contribution is -2.19. The first-order valence-corrected chi connectivity index (χ1v) is 4.91. The molecule has 0 saturated heterocycles. The molecule has 0 aliphatic rings. The van der Waals surface area contributed by atoms with Gasteiger partial charge in [0.2, 0.25) is 0 Å². The summed E-state index contributed by atoms with van der Waals surface area (Å²) in [5.41, 5.74) is -2.22. The van der Waals surface area contributed by atoms with Gasteiger partial charge in [-0.1, -0.05) is 18.2 Å². The molecule has 0 atom stereocenters. The van der Waals surface area contributed by atoms with Gasteiger partial charge in [-0.25, -0.2) is 14.6 Å². The van der Waals surface area contributed by atoms with E-state index in [-0.39, 0.29) is 5.52 Å². The molecule has 1 heterocycles. The Labute approximate surface area is 100 Å². The number of carboxylic acid groups (broad SMARTS) is 2. The number of carboxylic acids is 2. The van der Waals surface area contributed by atoms with Crippen LogP contribution in [-0.2, 0) is 0 Å². The van der Waals surface area contributed by atoms with Gasteiger partial charge in [-0.2, -0.15) is 0 Å². The second-order valence-electron chi connectivity index (χ2n) is 3.52. The minimum Gasteiger partial charge on any atom is -0.478 e. The summed E-state index contributed by atoms with van der Waals surface area (Å²) in [6, 6.07) is 7.46. The maximum absolute atomic E-state index is 11.6. The molecule has 0 bridgehead atoms. The molecular formula is C12H7NO5. The average molecular weight is 245 g/mol. The Morgan fingerprint density at radius 1 is 1.06 bits per heavy atom. The molecule has 2 N–H and O–H groups in total. The van der Waals surface area contributed by atoms with Gasteiger partial charge < -0.3 is 10.2 Å². The van der Waals surface area contributed by atoms with Gasteiger partial charge in [-0.3, -0.25) is 4.79 Å². The molecular weight excluding hydrogens is 238 g/mol. The van der Waals surface area contributed by atoms with Crippen LogP contribution in [0.15, 0.2) is 35.1 Å². The molecule has 0 radical (unpaired) electrons. The second-order valence-corrected chi connectivity index (χ2v) is 3.52. The Hall–Kier alpha value is -2.76. The fourth-order valence-corrected chi connectivity index (χ4v) is 1.59. The van der Waals surface area contributed by atoms with Crippen LogP contribution in [0.3, 0.4) is 0 Å². The summed E-state index contributed by atoms with van der Waals surface area (Å²) in [6.07, 6.45) is 0. The first-order chi connectivity index (χ1) is 8.50. The normalized spacial score (nSPS) is 10.2. The van der Waals surface area contributed by atoms with Crippen LogP contribution in [-0.4, -0.2) is 27.1 Å². The quantitative estimate of drug-likeness (QED) is 0.817. The maximum atomic E-state index is 11.6. The highest BCUT2D eigenvalue weighted by Gasteiger charge is 2.20. The molecule has 1 aromatic carbocycles. The van der Waals surface area contributed by atoms with Crippen molar-refractivity contribution >= 4 is 22.8 Å². The van der Waals surface area contributed by atoms with Crippen LogP contribution in [0.1, 0.15) is 20.7 Å². The highest BCUT2D eigenvalue weighted by atomic mass is 16.4. The molecule has 0 spiro atoms. The van der Waals surface area contributed by atoms with E-state index in [1.54, 1.807) is 18.2 Å². The lowest BCUT2D eigenvalue weighted by molar-refractivity contribution is 0.0650. The number of hydrogen-bond acceptors (Lipinski definition) is 4. The van der Waals surface area contributed by atoms with E-state index >= 15 is 0 Å². The third-order valence-corrected chi connectivity index (χ3v) is 2.39. The standard InChI is InChI=1S/C12H7NO5/c14-10-9(12(17)18)7(11(15)16)5-6-3-1-2-4-8(6)13-10/h1-5H,(H,15,16)(H,17,18). The molecule has 0 saturated carbocycles. The number of hydrogen-bond donors (Lipinski definition) is 2. The van der Waals surface area contributed by atoms with Crippen LogP contribution in [0.25, 0.3) is 10.9 Å². The summed E-state index contributed by atoms with van der Waals surface area (Å²) in [4.78, 5) is 37.2. The van der Waals surface area contributed by atoms with Crippen molar-refractivity contribution in [3.63, 3.8) is 0 Å². The SMILES string of the molecule is O=C(O)c1cc2ccccc2nc(=O)c1C(=O)O. The van der Waals surface area contributed by atoms with Gasteiger partial charge in [0, 0.05) is 5.39 Å². The molecule has 18 heavy (non-hydrogen) atoms. The van der Waals surface area contributed by atoms with Gasteiger partial charge in [-0.15, -0.1) is 0 Å². The number of aromatic nitrogens is 1. The van der Waals surface area contributed by atoms with E-state index in [4.69, 9.17) is 10.2 Å². The number of nitrogens with zero attached hydrogens (tertiary/aromatic N) is 1. The van der Waals surface area contributed by atoms with Crippen molar-refractivity contribution in [1.29, 1.82) is 0 Å². The largest absolute Gasteiger partial charge is 0.478 e. The molecule has 1 aromatic heterocycles. The summed E-state index contributed by atoms with van der Waals surface area (Å²) in [6.45, 7) is 0. The molecule has 6 heteroatoms. The zero-order valence-electron chi connectivity index (χ0n) is 8.95. The van der Waals surface area contributed by atoms with Crippen LogP contribution < -0.4 is 5.56 Å². The van der Waals surface area contributed by atoms with Crippen molar-refractivity contribution in [2.45, 2.75) is 0 Å². The predicted octanol–water partition coefficient (Wildman–Crippen LogP) is 0.991. The van der Waals surface area contributed by atoms with E-state index in [2.05, 4.69) is 4.98 Å². The molecule has 0 unspecified atom stereocenters. The number of benzene rings is 1. The van der Waals surface area contributed by atoms with Gasteiger partial charge >= 0.3 is 11.9 Å². The van der Waals surface area contributed by atoms with E-state index < -0.39 is 28.6 Å². The first-order valence-electron chi connectivity index (χ1n) is 4.91. The van der Waals surface area contributed by atoms with E-state index in [1.807, 2.05) is 0 Å². The Bertz CT molecular complexity index is 723. The molecule has 2 aromatic rings. The van der Waals surface area contributed by atoms with Crippen molar-refractivity contribution in [2.24, 2.45) is 0 Å². The van der Waals surface area contributed by atoms with Crippen LogP contribution in [0.4, 0.5) is 0 Å². The van der Waals surface area contributed by atoms with Crippen molar-refractivity contribution in [2.75, 3.05) is 0 Å². The molecule has 0 fully saturated rings. The Kier molecular flexibility index (Phi) is 2.77. The van der Waals surface area contributed by atoms with E-state index in [0.29, 0.717) is 5.39 Å². The topological polar surface area (TPSA) is 105 Å². The maximum Gasteiger partial charge on any atom is 0.342 e. The molecule has 0 aliphatic heterocycles. The van der Waals surface area contributed by atoms with Gasteiger partial charge in [0.25, 0.3) is 5.56 Å². The lowest BCUT2D eigenvalue weighted by Gasteiger charge is -1.94. The molecule has 2 rings (SSSR count). The van der Waals surface area contributed by atoms with Crippen molar-refractivity contribution in [1.82, 2.24) is 4.98 Å². The fraction of sp³-hybridized carbons (Fsp3) is 0. The van der Waals surface area contributed by atoms with Gasteiger partial charge in [-0.05, 0) is 12.1 Å². The van der Waals surface area contributed by atoms with Crippen molar-refractivity contribution < 1.29 is 19.8 Å². The number of carbonyl (C=O) groups is 2. The molecule has 90 valence electrons. The number of rotatable bonds is 2. The second kappa shape index (κ2) is 4.25. The fourth-order valence-electron chi connectivity index (χ4n) is 1.59. The van der Waals surface area contributed by atoms with E-state index in [0.717, 1.165) is 6.07 Å². The molecule has 6 nitrogen and oxygen atoms in total. The van der Waals surface area contributed by atoms with Crippen molar-refractivity contribution in [3.8, 4) is 0 Å². The Morgan fingerprint density at radius 3 is 2.33 bits per heavy atom. The Balaban J connectivity index is 3.04. The summed E-state index contributed by atoms with van der Waals surface area (Å²) >= 11 is 0. The van der Waals surface area contributed by atoms with E-state index in [9.17, 15) is 14.4 Å². The summed E-state index contributed by atoms with van der Waals surface area (Å²) in [7, 11) is 0. The van der Waals surface area contributed by atoms with Crippen LogP contribution in [0.2, 0.25) is 0 Å². The summed E-state index contributed by atoms with van der Waals surface area (Å²) in [5, 5.41) is 18.3. The van der Waals surface area contributed by atoms with Crippen LogP contribution >= 0.6 is 0 Å². The van der Waals surface area contributed by atoms with Gasteiger partial charge in [0.05, 0.1) is 11.1 Å². The van der Waals surface area contributed by atoms with Crippen molar-refractivity contribution in [3.05, 3.63) is 51.8 Å². The zero-order valence-corrected chi connectivity index (χ0v) is 8.95. The Morgan fingerprint density at radius 2 is 1.72 bits per heavy atom. The lowest BCUT2D eigenvalue weighted by atomic mass is 10.1. The summed E-state index contributed by atoms with van der Waals surface area (Å²) in [5.74, 6) is -3.09. The third-order valence-electron chi connectivity index (χ3n) is 2.39. The smallest absolute Gasteiger partial charge is 0.342 e. The minimum atomic E-state index is -1.61. The number of aromatic carboxylic acids is 2. The minimum absolute atomic E-state index is 0.248. The number of fused-ring (bicyclic) bond motifs is 1. The highest BCUT2D eigenvalue weighted by molar-refractivity contribution is 6.03. The zero-order chi connectivity index (χ0) is 13.3. The van der Waals surface area contributed by atoms with Crippen LogP contribution in [0, 0.1) is 0 Å². The van der Waals surface area contributed by atoms with Gasteiger partial charge in [0.1, 0.15) is 5.56 Å². The first kappa shape index (κ1) is 11.7. The van der Waals surface area contributed by atoms with E-state index in [1.165, 1.54) is 6.07 Å². The third kappa shape index (κ3) is 1.91. The monoisotopic (exact) mass is 245 g/mol.